The summed E-state index contributed by atoms with van der Waals surface area (Å²) in [6, 6.07) is 6.04. The van der Waals surface area contributed by atoms with Crippen LogP contribution >= 0.6 is 15.9 Å². The number of benzene rings is 1. The third kappa shape index (κ3) is 6.40. The molecule has 1 aromatic rings. The molecule has 0 aliphatic rings. The number of hydrogen-bond donors (Lipinski definition) is 2. The second kappa shape index (κ2) is 8.41. The molecule has 2 N–H and O–H groups in total. The van der Waals surface area contributed by atoms with Crippen LogP contribution in [0, 0.1) is 0 Å². The minimum atomic E-state index is -1.18. The molecule has 0 bridgehead atoms. The lowest BCUT2D eigenvalue weighted by molar-refractivity contribution is -0.144. The fourth-order valence-electron chi connectivity index (χ4n) is 1.65. The zero-order valence-corrected chi connectivity index (χ0v) is 13.1. The van der Waals surface area contributed by atoms with Crippen molar-refractivity contribution in [2.45, 2.75) is 25.3 Å². The van der Waals surface area contributed by atoms with E-state index in [4.69, 9.17) is 5.11 Å². The SMILES string of the molecule is COC(=O)CCC(NC(=O)Cc1ccc(Br)cc1)C(=O)O. The maximum atomic E-state index is 11.8. The van der Waals surface area contributed by atoms with Crippen molar-refractivity contribution in [2.24, 2.45) is 0 Å². The van der Waals surface area contributed by atoms with Gasteiger partial charge in [0.2, 0.25) is 5.91 Å². The van der Waals surface area contributed by atoms with Gasteiger partial charge in [-0.2, -0.15) is 0 Å². The molecule has 6 nitrogen and oxygen atoms in total. The highest BCUT2D eigenvalue weighted by atomic mass is 79.9. The predicted octanol–water partition coefficient (Wildman–Crippen LogP) is 1.51. The largest absolute Gasteiger partial charge is 0.480 e. The summed E-state index contributed by atoms with van der Waals surface area (Å²) in [5.74, 6) is -2.10. The average molecular weight is 358 g/mol. The third-order valence-corrected chi connectivity index (χ3v) is 3.30. The lowest BCUT2D eigenvalue weighted by atomic mass is 10.1. The van der Waals surface area contributed by atoms with Gasteiger partial charge in [0.05, 0.1) is 13.5 Å². The van der Waals surface area contributed by atoms with E-state index in [2.05, 4.69) is 26.0 Å². The number of aliphatic carboxylic acids is 1. The van der Waals surface area contributed by atoms with Gasteiger partial charge in [0.1, 0.15) is 6.04 Å². The monoisotopic (exact) mass is 357 g/mol. The standard InChI is InChI=1S/C14H16BrNO5/c1-21-13(18)7-6-11(14(19)20)16-12(17)8-9-2-4-10(15)5-3-9/h2-5,11H,6-8H2,1H3,(H,16,17)(H,19,20). The van der Waals surface area contributed by atoms with Crippen LogP contribution in [0.2, 0.25) is 0 Å². The van der Waals surface area contributed by atoms with Gasteiger partial charge >= 0.3 is 11.9 Å². The first-order valence-electron chi connectivity index (χ1n) is 6.25. The van der Waals surface area contributed by atoms with Crippen LogP contribution in [-0.4, -0.2) is 36.1 Å². The van der Waals surface area contributed by atoms with Gasteiger partial charge < -0.3 is 15.2 Å². The third-order valence-electron chi connectivity index (χ3n) is 2.78. The Morgan fingerprint density at radius 2 is 1.90 bits per heavy atom. The molecule has 1 aromatic carbocycles. The van der Waals surface area contributed by atoms with E-state index >= 15 is 0 Å². The fraction of sp³-hybridized carbons (Fsp3) is 0.357. The lowest BCUT2D eigenvalue weighted by Crippen LogP contribution is -2.41. The van der Waals surface area contributed by atoms with E-state index in [0.29, 0.717) is 0 Å². The molecule has 0 spiro atoms. The van der Waals surface area contributed by atoms with E-state index in [0.717, 1.165) is 10.0 Å². The van der Waals surface area contributed by atoms with Gasteiger partial charge in [-0.05, 0) is 24.1 Å². The number of esters is 1. The second-order valence-electron chi connectivity index (χ2n) is 4.38. The smallest absolute Gasteiger partial charge is 0.326 e. The van der Waals surface area contributed by atoms with Crippen molar-refractivity contribution in [3.05, 3.63) is 34.3 Å². The van der Waals surface area contributed by atoms with Crippen LogP contribution in [-0.2, 0) is 25.5 Å². The van der Waals surface area contributed by atoms with Crippen LogP contribution < -0.4 is 5.32 Å². The van der Waals surface area contributed by atoms with Gasteiger partial charge in [0, 0.05) is 10.9 Å². The topological polar surface area (TPSA) is 92.7 Å². The van der Waals surface area contributed by atoms with Crippen molar-refractivity contribution >= 4 is 33.8 Å². The Morgan fingerprint density at radius 3 is 2.43 bits per heavy atom. The number of hydrogen-bond acceptors (Lipinski definition) is 4. The summed E-state index contributed by atoms with van der Waals surface area (Å²) < 4.78 is 5.34. The highest BCUT2D eigenvalue weighted by molar-refractivity contribution is 9.10. The molecule has 0 saturated heterocycles. The molecule has 0 aromatic heterocycles. The van der Waals surface area contributed by atoms with Crippen molar-refractivity contribution < 1.29 is 24.2 Å². The first kappa shape index (κ1) is 17.2. The molecule has 1 rings (SSSR count). The average Bonchev–Trinajstić information content (AvgIpc) is 2.45. The molecule has 0 radical (unpaired) electrons. The Morgan fingerprint density at radius 1 is 1.29 bits per heavy atom. The van der Waals surface area contributed by atoms with Crippen molar-refractivity contribution in [1.29, 1.82) is 0 Å². The van der Waals surface area contributed by atoms with E-state index in [-0.39, 0.29) is 19.3 Å². The summed E-state index contributed by atoms with van der Waals surface area (Å²) in [7, 11) is 1.23. The summed E-state index contributed by atoms with van der Waals surface area (Å²) in [5.41, 5.74) is 0.771. The molecule has 0 heterocycles. The van der Waals surface area contributed by atoms with E-state index in [9.17, 15) is 14.4 Å². The second-order valence-corrected chi connectivity index (χ2v) is 5.29. The highest BCUT2D eigenvalue weighted by Crippen LogP contribution is 2.11. The maximum Gasteiger partial charge on any atom is 0.326 e. The zero-order valence-electron chi connectivity index (χ0n) is 11.5. The number of ether oxygens (including phenoxy) is 1. The molecule has 0 saturated carbocycles. The molecule has 114 valence electrons. The number of carbonyl (C=O) groups is 3. The Bertz CT molecular complexity index is 515. The number of methoxy groups -OCH3 is 1. The minimum absolute atomic E-state index is 0.00587. The number of carboxylic acid groups (broad SMARTS) is 1. The Balaban J connectivity index is 2.54. The lowest BCUT2D eigenvalue weighted by Gasteiger charge is -2.14. The zero-order chi connectivity index (χ0) is 15.8. The molecule has 21 heavy (non-hydrogen) atoms. The molecule has 1 atom stereocenters. The summed E-state index contributed by atoms with van der Waals surface area (Å²) in [4.78, 5) is 33.9. The van der Waals surface area contributed by atoms with Gasteiger partial charge in [-0.15, -0.1) is 0 Å². The van der Waals surface area contributed by atoms with Crippen LogP contribution in [0.25, 0.3) is 0 Å². The molecule has 0 fully saturated rings. The number of rotatable bonds is 7. The quantitative estimate of drug-likeness (QED) is 0.721. The van der Waals surface area contributed by atoms with Gasteiger partial charge in [-0.25, -0.2) is 4.79 Å². The Hall–Kier alpha value is -1.89. The first-order valence-corrected chi connectivity index (χ1v) is 7.05. The molecule has 7 heteroatoms. The maximum absolute atomic E-state index is 11.8. The number of carboxylic acids is 1. The fourth-order valence-corrected chi connectivity index (χ4v) is 1.92. The van der Waals surface area contributed by atoms with Crippen LogP contribution in [0.1, 0.15) is 18.4 Å². The van der Waals surface area contributed by atoms with E-state index in [1.807, 2.05) is 0 Å². The molecular weight excluding hydrogens is 342 g/mol. The van der Waals surface area contributed by atoms with Crippen LogP contribution in [0.3, 0.4) is 0 Å². The van der Waals surface area contributed by atoms with Crippen LogP contribution in [0.4, 0.5) is 0 Å². The van der Waals surface area contributed by atoms with Gasteiger partial charge in [-0.1, -0.05) is 28.1 Å². The normalized spacial score (nSPS) is 11.5. The van der Waals surface area contributed by atoms with Gasteiger partial charge in [0.25, 0.3) is 0 Å². The molecule has 0 aliphatic heterocycles. The molecule has 1 unspecified atom stereocenters. The summed E-state index contributed by atoms with van der Waals surface area (Å²) in [6.45, 7) is 0. The first-order chi connectivity index (χ1) is 9.92. The summed E-state index contributed by atoms with van der Waals surface area (Å²) in [5, 5.41) is 11.4. The van der Waals surface area contributed by atoms with Crippen LogP contribution in [0.15, 0.2) is 28.7 Å². The minimum Gasteiger partial charge on any atom is -0.480 e. The summed E-state index contributed by atoms with van der Waals surface area (Å²) >= 11 is 3.29. The van der Waals surface area contributed by atoms with Crippen molar-refractivity contribution in [2.75, 3.05) is 7.11 Å². The van der Waals surface area contributed by atoms with E-state index in [1.54, 1.807) is 24.3 Å². The van der Waals surface area contributed by atoms with Gasteiger partial charge in [0.15, 0.2) is 0 Å². The van der Waals surface area contributed by atoms with Gasteiger partial charge in [-0.3, -0.25) is 9.59 Å². The number of nitrogens with one attached hydrogen (secondary N) is 1. The van der Waals surface area contributed by atoms with Crippen molar-refractivity contribution in [3.63, 3.8) is 0 Å². The highest BCUT2D eigenvalue weighted by Gasteiger charge is 2.21. The number of amides is 1. The Kier molecular flexibility index (Phi) is 6.87. The van der Waals surface area contributed by atoms with Crippen molar-refractivity contribution in [3.8, 4) is 0 Å². The van der Waals surface area contributed by atoms with E-state index < -0.39 is 23.9 Å². The molecular formula is C14H16BrNO5. The Labute approximate surface area is 130 Å². The molecule has 1 amide bonds. The van der Waals surface area contributed by atoms with E-state index in [1.165, 1.54) is 7.11 Å². The number of halogens is 1. The van der Waals surface area contributed by atoms with Crippen molar-refractivity contribution in [1.82, 2.24) is 5.32 Å². The summed E-state index contributed by atoms with van der Waals surface area (Å²) in [6.07, 6.45) is 0.00932. The van der Waals surface area contributed by atoms with Crippen LogP contribution in [0.5, 0.6) is 0 Å². The number of carbonyl (C=O) groups excluding carboxylic acids is 2. The molecule has 0 aliphatic carbocycles. The predicted molar refractivity (Wildman–Crippen MR) is 78.7 cm³/mol.